The summed E-state index contributed by atoms with van der Waals surface area (Å²) >= 11 is 0. The van der Waals surface area contributed by atoms with E-state index in [1.54, 1.807) is 0 Å². The van der Waals surface area contributed by atoms with Gasteiger partial charge in [-0.3, -0.25) is 4.79 Å². The maximum Gasteiger partial charge on any atom is 0.311 e. The molecule has 3 nitrogen and oxygen atoms in total. The summed E-state index contributed by atoms with van der Waals surface area (Å²) < 4.78 is 10.6. The molecule has 1 rings (SSSR count). The van der Waals surface area contributed by atoms with Gasteiger partial charge < -0.3 is 9.47 Å². The summed E-state index contributed by atoms with van der Waals surface area (Å²) in [5.41, 5.74) is -0.258. The Bertz CT molecular complexity index is 236. The number of rotatable bonds is 6. The summed E-state index contributed by atoms with van der Waals surface area (Å²) in [5, 5.41) is 0. The third kappa shape index (κ3) is 2.97. The zero-order valence-electron chi connectivity index (χ0n) is 11.0. The van der Waals surface area contributed by atoms with Gasteiger partial charge in [0.05, 0.1) is 24.0 Å². The molecule has 0 atom stereocenters. The van der Waals surface area contributed by atoms with Gasteiger partial charge in [0, 0.05) is 0 Å². The lowest BCUT2D eigenvalue weighted by Crippen LogP contribution is -2.47. The van der Waals surface area contributed by atoms with Crippen LogP contribution in [-0.4, -0.2) is 25.8 Å². The largest absolute Gasteiger partial charge is 0.465 e. The molecular formula is C13H24O3. The molecule has 0 aliphatic carbocycles. The summed E-state index contributed by atoms with van der Waals surface area (Å²) in [4.78, 5) is 11.9. The Balaban J connectivity index is 2.40. The monoisotopic (exact) mass is 228 g/mol. The van der Waals surface area contributed by atoms with E-state index in [-0.39, 0.29) is 16.8 Å². The minimum absolute atomic E-state index is 0.0749. The Kier molecular flexibility index (Phi) is 4.36. The van der Waals surface area contributed by atoms with Gasteiger partial charge in [0.1, 0.15) is 6.61 Å². The second-order valence-corrected chi connectivity index (χ2v) is 5.56. The van der Waals surface area contributed by atoms with Crippen molar-refractivity contribution < 1.29 is 14.3 Å². The summed E-state index contributed by atoms with van der Waals surface area (Å²) in [6, 6.07) is 0. The van der Waals surface area contributed by atoms with E-state index in [0.717, 1.165) is 32.5 Å². The molecule has 0 aromatic rings. The third-order valence-corrected chi connectivity index (χ3v) is 3.50. The lowest BCUT2D eigenvalue weighted by Gasteiger charge is -2.40. The van der Waals surface area contributed by atoms with E-state index in [1.807, 2.05) is 13.8 Å². The summed E-state index contributed by atoms with van der Waals surface area (Å²) in [6.07, 6.45) is 2.89. The van der Waals surface area contributed by atoms with Crippen LogP contribution in [0.4, 0.5) is 0 Å². The fourth-order valence-electron chi connectivity index (χ4n) is 1.92. The Hall–Kier alpha value is -0.570. The van der Waals surface area contributed by atoms with Crippen LogP contribution in [0.15, 0.2) is 0 Å². The summed E-state index contributed by atoms with van der Waals surface area (Å²) in [5.74, 6) is -0.0749. The molecule has 0 bridgehead atoms. The molecule has 1 saturated heterocycles. The first-order valence-electron chi connectivity index (χ1n) is 6.21. The first-order chi connectivity index (χ1) is 7.46. The van der Waals surface area contributed by atoms with Crippen molar-refractivity contribution in [2.24, 2.45) is 10.8 Å². The van der Waals surface area contributed by atoms with Gasteiger partial charge in [0.15, 0.2) is 0 Å². The van der Waals surface area contributed by atoms with Crippen molar-refractivity contribution >= 4 is 5.97 Å². The van der Waals surface area contributed by atoms with Crippen molar-refractivity contribution in [3.63, 3.8) is 0 Å². The van der Waals surface area contributed by atoms with Crippen molar-refractivity contribution in [2.75, 3.05) is 19.8 Å². The number of ether oxygens (including phenoxy) is 2. The van der Waals surface area contributed by atoms with Crippen LogP contribution < -0.4 is 0 Å². The second kappa shape index (κ2) is 5.17. The van der Waals surface area contributed by atoms with Crippen molar-refractivity contribution in [1.82, 2.24) is 0 Å². The summed E-state index contributed by atoms with van der Waals surface area (Å²) in [6.45, 7) is 10.1. The summed E-state index contributed by atoms with van der Waals surface area (Å²) in [7, 11) is 0. The normalized spacial score (nSPS) is 19.0. The molecule has 0 spiro atoms. The molecule has 0 amide bonds. The molecule has 94 valence electrons. The van der Waals surface area contributed by atoms with Crippen LogP contribution in [0.25, 0.3) is 0 Å². The highest BCUT2D eigenvalue weighted by Gasteiger charge is 2.39. The molecule has 1 fully saturated rings. The SMILES string of the molecule is CCCC(C)(C)C(=O)OCC1(CC)COC1. The molecule has 0 aromatic carbocycles. The number of esters is 1. The number of hydrogen-bond donors (Lipinski definition) is 0. The van der Waals surface area contributed by atoms with Gasteiger partial charge in [-0.1, -0.05) is 20.3 Å². The zero-order chi connectivity index (χ0) is 12.2. The third-order valence-electron chi connectivity index (χ3n) is 3.50. The van der Waals surface area contributed by atoms with Gasteiger partial charge >= 0.3 is 5.97 Å². The van der Waals surface area contributed by atoms with E-state index < -0.39 is 0 Å². The second-order valence-electron chi connectivity index (χ2n) is 5.56. The Morgan fingerprint density at radius 1 is 1.38 bits per heavy atom. The maximum absolute atomic E-state index is 11.9. The van der Waals surface area contributed by atoms with Crippen molar-refractivity contribution in [3.8, 4) is 0 Å². The van der Waals surface area contributed by atoms with Crippen molar-refractivity contribution in [1.29, 1.82) is 0 Å². The topological polar surface area (TPSA) is 35.5 Å². The first-order valence-corrected chi connectivity index (χ1v) is 6.21. The smallest absolute Gasteiger partial charge is 0.311 e. The standard InChI is InChI=1S/C13H24O3/c1-5-7-12(3,4)11(14)16-10-13(6-2)8-15-9-13/h5-10H2,1-4H3. The van der Waals surface area contributed by atoms with Gasteiger partial charge in [-0.2, -0.15) is 0 Å². The number of carbonyl (C=O) groups is 1. The van der Waals surface area contributed by atoms with Gasteiger partial charge in [0.2, 0.25) is 0 Å². The number of hydrogen-bond acceptors (Lipinski definition) is 3. The average molecular weight is 228 g/mol. The molecule has 0 radical (unpaired) electrons. The Labute approximate surface area is 98.5 Å². The van der Waals surface area contributed by atoms with Crippen LogP contribution in [0.1, 0.15) is 47.0 Å². The van der Waals surface area contributed by atoms with Gasteiger partial charge in [-0.25, -0.2) is 0 Å². The van der Waals surface area contributed by atoms with E-state index in [0.29, 0.717) is 6.61 Å². The lowest BCUT2D eigenvalue weighted by molar-refractivity contribution is -0.178. The molecule has 0 saturated carbocycles. The van der Waals surface area contributed by atoms with Crippen molar-refractivity contribution in [3.05, 3.63) is 0 Å². The average Bonchev–Trinajstić information content (AvgIpc) is 2.16. The molecule has 0 unspecified atom stereocenters. The predicted molar refractivity (Wildman–Crippen MR) is 63.2 cm³/mol. The van der Waals surface area contributed by atoms with E-state index >= 15 is 0 Å². The fourth-order valence-corrected chi connectivity index (χ4v) is 1.92. The van der Waals surface area contributed by atoms with Crippen LogP contribution >= 0.6 is 0 Å². The van der Waals surface area contributed by atoms with Gasteiger partial charge in [0.25, 0.3) is 0 Å². The van der Waals surface area contributed by atoms with E-state index in [4.69, 9.17) is 9.47 Å². The highest BCUT2D eigenvalue weighted by molar-refractivity contribution is 5.75. The van der Waals surface area contributed by atoms with E-state index in [9.17, 15) is 4.79 Å². The molecule has 1 aliphatic heterocycles. The first kappa shape index (κ1) is 13.5. The molecule has 16 heavy (non-hydrogen) atoms. The molecule has 0 N–H and O–H groups in total. The molecule has 0 aromatic heterocycles. The van der Waals surface area contributed by atoms with Crippen LogP contribution in [0.3, 0.4) is 0 Å². The van der Waals surface area contributed by atoms with Gasteiger partial charge in [-0.05, 0) is 26.7 Å². The van der Waals surface area contributed by atoms with Crippen LogP contribution in [-0.2, 0) is 14.3 Å². The van der Waals surface area contributed by atoms with Gasteiger partial charge in [-0.15, -0.1) is 0 Å². The van der Waals surface area contributed by atoms with Crippen LogP contribution in [0, 0.1) is 10.8 Å². The lowest BCUT2D eigenvalue weighted by atomic mass is 9.84. The minimum atomic E-state index is -0.353. The number of carbonyl (C=O) groups excluding carboxylic acids is 1. The minimum Gasteiger partial charge on any atom is -0.465 e. The van der Waals surface area contributed by atoms with E-state index in [1.165, 1.54) is 0 Å². The van der Waals surface area contributed by atoms with E-state index in [2.05, 4.69) is 13.8 Å². The Morgan fingerprint density at radius 2 is 2.00 bits per heavy atom. The highest BCUT2D eigenvalue weighted by Crippen LogP contribution is 2.33. The molecule has 3 heteroatoms. The molecular weight excluding hydrogens is 204 g/mol. The predicted octanol–water partition coefficient (Wildman–Crippen LogP) is 2.78. The molecule has 1 aliphatic rings. The Morgan fingerprint density at radius 3 is 2.38 bits per heavy atom. The fraction of sp³-hybridized carbons (Fsp3) is 0.923. The highest BCUT2D eigenvalue weighted by atomic mass is 16.5. The van der Waals surface area contributed by atoms with Crippen molar-refractivity contribution in [2.45, 2.75) is 47.0 Å². The zero-order valence-corrected chi connectivity index (χ0v) is 11.0. The molecule has 1 heterocycles. The van der Waals surface area contributed by atoms with Crippen LogP contribution in [0.5, 0.6) is 0 Å². The maximum atomic E-state index is 11.9. The quantitative estimate of drug-likeness (QED) is 0.656. The van der Waals surface area contributed by atoms with Crippen LogP contribution in [0.2, 0.25) is 0 Å².